The normalized spacial score (nSPS) is 10.1. The number of methoxy groups -OCH3 is 1. The molecule has 2 rings (SSSR count). The van der Waals surface area contributed by atoms with Gasteiger partial charge in [-0.15, -0.1) is 10.2 Å². The topological polar surface area (TPSA) is 64.1 Å². The van der Waals surface area contributed by atoms with E-state index in [0.29, 0.717) is 16.3 Å². The van der Waals surface area contributed by atoms with Crippen molar-refractivity contribution in [1.29, 1.82) is 0 Å². The van der Waals surface area contributed by atoms with Crippen LogP contribution in [0.1, 0.15) is 10.4 Å². The van der Waals surface area contributed by atoms with Crippen molar-refractivity contribution in [3.8, 4) is 5.75 Å². The molecule has 0 bridgehead atoms. The molecule has 0 aliphatic heterocycles. The van der Waals surface area contributed by atoms with Gasteiger partial charge in [0.1, 0.15) is 5.75 Å². The van der Waals surface area contributed by atoms with E-state index in [2.05, 4.69) is 15.5 Å². The van der Waals surface area contributed by atoms with Crippen molar-refractivity contribution in [3.63, 3.8) is 0 Å². The quantitative estimate of drug-likeness (QED) is 0.946. The zero-order valence-corrected chi connectivity index (χ0v) is 11.4. The summed E-state index contributed by atoms with van der Waals surface area (Å²) in [4.78, 5) is 12.1. The summed E-state index contributed by atoms with van der Waals surface area (Å²) in [5.41, 5.74) is 0.312. The Labute approximate surface area is 119 Å². The van der Waals surface area contributed by atoms with E-state index >= 15 is 0 Å². The molecule has 1 N–H and O–H groups in total. The van der Waals surface area contributed by atoms with Gasteiger partial charge in [-0.3, -0.25) is 4.79 Å². The number of hydrogen-bond acceptors (Lipinski definition) is 4. The highest BCUT2D eigenvalue weighted by molar-refractivity contribution is 6.31. The van der Waals surface area contributed by atoms with Gasteiger partial charge in [-0.1, -0.05) is 23.2 Å². The van der Waals surface area contributed by atoms with Gasteiger partial charge >= 0.3 is 0 Å². The molecule has 98 valence electrons. The van der Waals surface area contributed by atoms with Gasteiger partial charge in [0.2, 0.25) is 0 Å². The summed E-state index contributed by atoms with van der Waals surface area (Å²) < 4.78 is 5.10. The number of carbonyl (C=O) groups is 1. The average Bonchev–Trinajstić information content (AvgIpc) is 2.41. The van der Waals surface area contributed by atoms with Gasteiger partial charge < -0.3 is 10.1 Å². The Kier molecular flexibility index (Phi) is 4.19. The Balaban J connectivity index is 2.24. The maximum Gasteiger partial charge on any atom is 0.260 e. The van der Waals surface area contributed by atoms with Crippen LogP contribution in [0.15, 0.2) is 30.3 Å². The molecule has 0 unspecified atom stereocenters. The van der Waals surface area contributed by atoms with Crippen molar-refractivity contribution in [2.45, 2.75) is 0 Å². The Morgan fingerprint density at radius 1 is 1.21 bits per heavy atom. The maximum absolute atomic E-state index is 12.1. The molecule has 0 aliphatic carbocycles. The zero-order chi connectivity index (χ0) is 13.8. The lowest BCUT2D eigenvalue weighted by molar-refractivity contribution is 0.102. The lowest BCUT2D eigenvalue weighted by Crippen LogP contribution is -2.14. The molecule has 0 aliphatic rings. The van der Waals surface area contributed by atoms with Crippen LogP contribution in [0.5, 0.6) is 5.75 Å². The molecule has 0 fully saturated rings. The number of ether oxygens (including phenoxy) is 1. The van der Waals surface area contributed by atoms with Crippen LogP contribution in [-0.4, -0.2) is 23.2 Å². The van der Waals surface area contributed by atoms with Gasteiger partial charge in [0.15, 0.2) is 11.0 Å². The minimum atomic E-state index is -0.393. The second-order valence-corrected chi connectivity index (χ2v) is 4.36. The number of nitrogens with zero attached hydrogens (tertiary/aromatic N) is 2. The molecule has 0 spiro atoms. The van der Waals surface area contributed by atoms with E-state index in [1.165, 1.54) is 19.2 Å². The molecule has 1 amide bonds. The van der Waals surface area contributed by atoms with E-state index < -0.39 is 5.91 Å². The minimum absolute atomic E-state index is 0.248. The van der Waals surface area contributed by atoms with E-state index in [1.807, 2.05) is 0 Å². The molecule has 7 heteroatoms. The van der Waals surface area contributed by atoms with Gasteiger partial charge in [-0.2, -0.15) is 0 Å². The average molecular weight is 298 g/mol. The fraction of sp³-hybridized carbons (Fsp3) is 0.0833. The van der Waals surface area contributed by atoms with Crippen LogP contribution < -0.4 is 10.1 Å². The van der Waals surface area contributed by atoms with Crippen molar-refractivity contribution < 1.29 is 9.53 Å². The molecule has 5 nitrogen and oxygen atoms in total. The van der Waals surface area contributed by atoms with Crippen molar-refractivity contribution in [2.75, 3.05) is 12.4 Å². The minimum Gasteiger partial charge on any atom is -0.496 e. The monoisotopic (exact) mass is 297 g/mol. The van der Waals surface area contributed by atoms with E-state index in [4.69, 9.17) is 27.9 Å². The largest absolute Gasteiger partial charge is 0.496 e. The van der Waals surface area contributed by atoms with E-state index in [9.17, 15) is 4.79 Å². The molecule has 0 radical (unpaired) electrons. The third-order valence-corrected chi connectivity index (χ3v) is 2.72. The van der Waals surface area contributed by atoms with E-state index in [1.54, 1.807) is 18.2 Å². The van der Waals surface area contributed by atoms with Crippen LogP contribution in [-0.2, 0) is 0 Å². The van der Waals surface area contributed by atoms with E-state index in [-0.39, 0.29) is 11.0 Å². The molecule has 2 aromatic rings. The molecular formula is C12H9Cl2N3O2. The molecular weight excluding hydrogens is 289 g/mol. The predicted molar refractivity (Wildman–Crippen MR) is 73.0 cm³/mol. The first-order chi connectivity index (χ1) is 9.10. The summed E-state index contributed by atoms with van der Waals surface area (Å²) in [5.74, 6) is 0.316. The molecule has 1 aromatic heterocycles. The third-order valence-electron chi connectivity index (χ3n) is 2.28. The first-order valence-electron chi connectivity index (χ1n) is 5.24. The molecule has 1 heterocycles. The predicted octanol–water partition coefficient (Wildman–Crippen LogP) is 3.04. The number of hydrogen-bond donors (Lipinski definition) is 1. The number of nitrogens with one attached hydrogen (secondary N) is 1. The number of halogens is 2. The Morgan fingerprint density at radius 3 is 2.63 bits per heavy atom. The summed E-state index contributed by atoms with van der Waals surface area (Å²) in [6.45, 7) is 0. The molecule has 0 atom stereocenters. The van der Waals surface area contributed by atoms with Crippen LogP contribution >= 0.6 is 23.2 Å². The van der Waals surface area contributed by atoms with Crippen LogP contribution in [0, 0.1) is 0 Å². The number of aromatic nitrogens is 2. The summed E-state index contributed by atoms with van der Waals surface area (Å²) in [6.07, 6.45) is 0. The fourth-order valence-corrected chi connectivity index (χ4v) is 1.70. The van der Waals surface area contributed by atoms with E-state index in [0.717, 1.165) is 0 Å². The molecule has 0 saturated heterocycles. The highest BCUT2D eigenvalue weighted by Crippen LogP contribution is 2.23. The van der Waals surface area contributed by atoms with Crippen LogP contribution in [0.25, 0.3) is 0 Å². The third kappa shape index (κ3) is 3.33. The highest BCUT2D eigenvalue weighted by atomic mass is 35.5. The summed E-state index contributed by atoms with van der Waals surface area (Å²) in [7, 11) is 1.47. The first-order valence-corrected chi connectivity index (χ1v) is 6.00. The summed E-state index contributed by atoms with van der Waals surface area (Å²) in [5, 5.41) is 10.6. The van der Waals surface area contributed by atoms with Crippen LogP contribution in [0.3, 0.4) is 0 Å². The number of amides is 1. The Bertz CT molecular complexity index is 602. The van der Waals surface area contributed by atoms with Gasteiger partial charge in [-0.25, -0.2) is 0 Å². The standard InChI is InChI=1S/C12H9Cl2N3O2/c1-19-9-3-2-7(13)6-8(9)12(18)15-11-5-4-10(14)16-17-11/h2-6H,1H3,(H,15,17,18). The molecule has 19 heavy (non-hydrogen) atoms. The SMILES string of the molecule is COc1ccc(Cl)cc1C(=O)Nc1ccc(Cl)nn1. The smallest absolute Gasteiger partial charge is 0.260 e. The lowest BCUT2D eigenvalue weighted by Gasteiger charge is -2.08. The highest BCUT2D eigenvalue weighted by Gasteiger charge is 2.13. The van der Waals surface area contributed by atoms with Crippen molar-refractivity contribution in [1.82, 2.24) is 10.2 Å². The molecule has 0 saturated carbocycles. The van der Waals surface area contributed by atoms with Gasteiger partial charge in [0.05, 0.1) is 12.7 Å². The number of rotatable bonds is 3. The lowest BCUT2D eigenvalue weighted by atomic mass is 10.2. The first kappa shape index (κ1) is 13.6. The number of anilines is 1. The van der Waals surface area contributed by atoms with Gasteiger partial charge in [0, 0.05) is 5.02 Å². The van der Waals surface area contributed by atoms with Crippen molar-refractivity contribution in [3.05, 3.63) is 46.1 Å². The second-order valence-electron chi connectivity index (χ2n) is 3.54. The van der Waals surface area contributed by atoms with Crippen molar-refractivity contribution >= 4 is 34.9 Å². The van der Waals surface area contributed by atoms with Crippen LogP contribution in [0.4, 0.5) is 5.82 Å². The van der Waals surface area contributed by atoms with Crippen molar-refractivity contribution in [2.24, 2.45) is 0 Å². The maximum atomic E-state index is 12.1. The second kappa shape index (κ2) is 5.86. The Morgan fingerprint density at radius 2 is 2.00 bits per heavy atom. The summed E-state index contributed by atoms with van der Waals surface area (Å²) in [6, 6.07) is 7.84. The Hall–Kier alpha value is -1.85. The van der Waals surface area contributed by atoms with Gasteiger partial charge in [-0.05, 0) is 30.3 Å². The number of carbonyl (C=O) groups excluding carboxylic acids is 1. The fourth-order valence-electron chi connectivity index (χ4n) is 1.42. The number of benzene rings is 1. The zero-order valence-electron chi connectivity index (χ0n) is 9.85. The summed E-state index contributed by atoms with van der Waals surface area (Å²) >= 11 is 11.5. The van der Waals surface area contributed by atoms with Gasteiger partial charge in [0.25, 0.3) is 5.91 Å². The van der Waals surface area contributed by atoms with Crippen LogP contribution in [0.2, 0.25) is 10.2 Å². The molecule has 1 aromatic carbocycles.